The number of rotatable bonds is 3. The Balaban J connectivity index is 1.45. The quantitative estimate of drug-likeness (QED) is 0.420. The molecule has 3 fully saturated rings. The number of hydrogen-bond acceptors (Lipinski definition) is 6. The van der Waals surface area contributed by atoms with Gasteiger partial charge in [0.2, 0.25) is 0 Å². The van der Waals surface area contributed by atoms with Gasteiger partial charge in [0.1, 0.15) is 12.1 Å². The first-order chi connectivity index (χ1) is 15.7. The Labute approximate surface area is 194 Å². The second-order valence-electron chi connectivity index (χ2n) is 9.09. The zero-order valence-electron chi connectivity index (χ0n) is 17.4. The molecular formula is C25H21BrN6. The molecule has 0 bridgehead atoms. The summed E-state index contributed by atoms with van der Waals surface area (Å²) in [7, 11) is 0. The molecule has 4 unspecified atom stereocenters. The Morgan fingerprint density at radius 2 is 2.06 bits per heavy atom. The maximum Gasteiger partial charge on any atom is 0.165 e. The highest BCUT2D eigenvalue weighted by Crippen LogP contribution is 2.72. The van der Waals surface area contributed by atoms with E-state index in [1.54, 1.807) is 0 Å². The molecule has 158 valence electrons. The highest BCUT2D eigenvalue weighted by molar-refractivity contribution is 9.10. The molecule has 6 nitrogen and oxygen atoms in total. The van der Waals surface area contributed by atoms with Crippen LogP contribution in [-0.4, -0.2) is 43.0 Å². The van der Waals surface area contributed by atoms with Crippen LogP contribution in [0.15, 0.2) is 59.6 Å². The Kier molecular flexibility index (Phi) is 3.82. The van der Waals surface area contributed by atoms with Crippen molar-refractivity contribution in [3.05, 3.63) is 65.2 Å². The van der Waals surface area contributed by atoms with Crippen LogP contribution in [-0.2, 0) is 0 Å². The molecule has 0 amide bonds. The third kappa shape index (κ3) is 2.55. The minimum atomic E-state index is 0.408. The lowest BCUT2D eigenvalue weighted by Gasteiger charge is -2.31. The van der Waals surface area contributed by atoms with Crippen LogP contribution in [0.1, 0.15) is 30.7 Å². The molecule has 2 saturated heterocycles. The summed E-state index contributed by atoms with van der Waals surface area (Å²) in [4.78, 5) is 20.8. The lowest BCUT2D eigenvalue weighted by atomic mass is 9.82. The minimum Gasteiger partial charge on any atom is -0.383 e. The number of aromatic nitrogens is 4. The molecule has 2 aliphatic heterocycles. The molecule has 0 radical (unpaired) electrons. The van der Waals surface area contributed by atoms with E-state index in [9.17, 15) is 0 Å². The van der Waals surface area contributed by atoms with Gasteiger partial charge in [0.25, 0.3) is 0 Å². The van der Waals surface area contributed by atoms with E-state index in [4.69, 9.17) is 10.7 Å². The van der Waals surface area contributed by atoms with Crippen molar-refractivity contribution in [2.45, 2.75) is 36.8 Å². The Hall–Kier alpha value is -2.90. The second-order valence-corrected chi connectivity index (χ2v) is 10.0. The van der Waals surface area contributed by atoms with Crippen LogP contribution in [0.3, 0.4) is 0 Å². The van der Waals surface area contributed by atoms with Gasteiger partial charge in [0.15, 0.2) is 5.65 Å². The summed E-state index contributed by atoms with van der Waals surface area (Å²) >= 11 is 3.60. The zero-order chi connectivity index (χ0) is 21.4. The van der Waals surface area contributed by atoms with Gasteiger partial charge >= 0.3 is 0 Å². The van der Waals surface area contributed by atoms with Crippen molar-refractivity contribution in [2.75, 3.05) is 12.3 Å². The molecular weight excluding hydrogens is 464 g/mol. The molecule has 1 spiro atoms. The fourth-order valence-electron chi connectivity index (χ4n) is 5.95. The van der Waals surface area contributed by atoms with Crippen molar-refractivity contribution in [1.82, 2.24) is 24.8 Å². The van der Waals surface area contributed by atoms with Crippen molar-refractivity contribution in [1.29, 1.82) is 0 Å². The highest BCUT2D eigenvalue weighted by Gasteiger charge is 2.80. The lowest BCUT2D eigenvalue weighted by Crippen LogP contribution is -2.30. The number of benzene rings is 1. The smallest absolute Gasteiger partial charge is 0.165 e. The van der Waals surface area contributed by atoms with Crippen LogP contribution < -0.4 is 5.73 Å². The molecule has 3 aliphatic rings. The van der Waals surface area contributed by atoms with Crippen LogP contribution in [0.4, 0.5) is 5.82 Å². The average Bonchev–Trinajstić information content (AvgIpc) is 3.69. The Bertz CT molecular complexity index is 1400. The van der Waals surface area contributed by atoms with Crippen LogP contribution in [0.2, 0.25) is 0 Å². The van der Waals surface area contributed by atoms with Crippen LogP contribution in [0.25, 0.3) is 33.4 Å². The summed E-state index contributed by atoms with van der Waals surface area (Å²) in [5, 5.41) is 0.784. The minimum absolute atomic E-state index is 0.408. The van der Waals surface area contributed by atoms with Gasteiger partial charge in [-0.2, -0.15) is 0 Å². The second kappa shape index (κ2) is 6.56. The first-order valence-corrected chi connectivity index (χ1v) is 11.8. The van der Waals surface area contributed by atoms with Crippen molar-refractivity contribution in [3.8, 4) is 22.4 Å². The fraction of sp³-hybridized carbons (Fsp3) is 0.280. The summed E-state index contributed by atoms with van der Waals surface area (Å²) in [6.45, 7) is 1.25. The van der Waals surface area contributed by atoms with Crippen LogP contribution in [0, 0.1) is 0 Å². The molecule has 1 aliphatic carbocycles. The van der Waals surface area contributed by atoms with E-state index in [1.165, 1.54) is 37.7 Å². The molecule has 1 saturated carbocycles. The molecule has 5 heterocycles. The predicted molar refractivity (Wildman–Crippen MR) is 128 cm³/mol. The third-order valence-electron chi connectivity index (χ3n) is 7.55. The normalized spacial score (nSPS) is 27.6. The molecule has 32 heavy (non-hydrogen) atoms. The number of hydrogen-bond donors (Lipinski definition) is 1. The molecule has 7 heteroatoms. The van der Waals surface area contributed by atoms with Gasteiger partial charge < -0.3 is 5.73 Å². The van der Waals surface area contributed by atoms with Crippen molar-refractivity contribution in [2.24, 2.45) is 0 Å². The van der Waals surface area contributed by atoms with Crippen molar-refractivity contribution < 1.29 is 0 Å². The molecule has 7 rings (SSSR count). The number of anilines is 1. The van der Waals surface area contributed by atoms with Crippen molar-refractivity contribution in [3.63, 3.8) is 0 Å². The highest BCUT2D eigenvalue weighted by atomic mass is 79.9. The van der Waals surface area contributed by atoms with Gasteiger partial charge in [0.05, 0.1) is 11.1 Å². The molecule has 4 aromatic rings. The first kappa shape index (κ1) is 18.7. The summed E-state index contributed by atoms with van der Waals surface area (Å²) in [6, 6.07) is 13.3. The van der Waals surface area contributed by atoms with E-state index in [2.05, 4.69) is 60.0 Å². The van der Waals surface area contributed by atoms with Crippen LogP contribution in [0.5, 0.6) is 0 Å². The predicted octanol–water partition coefficient (Wildman–Crippen LogP) is 4.80. The van der Waals surface area contributed by atoms with Gasteiger partial charge in [-0.3, -0.25) is 9.88 Å². The fourth-order valence-corrected chi connectivity index (χ4v) is 6.35. The summed E-state index contributed by atoms with van der Waals surface area (Å²) < 4.78 is 1.01. The number of nitrogen functional groups attached to an aromatic ring is 1. The first-order valence-electron chi connectivity index (χ1n) is 11.0. The summed E-state index contributed by atoms with van der Waals surface area (Å²) in [5.41, 5.74) is 12.7. The SMILES string of the molecule is Nc1ncnc2nc(-c3cnccc3C3CCCN4C5CC354)cc(-c3cccc(Br)c3)c12. The topological polar surface area (TPSA) is 80.6 Å². The number of nitrogens with zero attached hydrogens (tertiary/aromatic N) is 5. The maximum absolute atomic E-state index is 6.29. The van der Waals surface area contributed by atoms with Gasteiger partial charge in [-0.25, -0.2) is 15.0 Å². The number of fused-ring (bicyclic) bond motifs is 2. The van der Waals surface area contributed by atoms with Gasteiger partial charge in [-0.1, -0.05) is 28.1 Å². The zero-order valence-corrected chi connectivity index (χ0v) is 19.0. The third-order valence-corrected chi connectivity index (χ3v) is 8.04. The largest absolute Gasteiger partial charge is 0.383 e. The van der Waals surface area contributed by atoms with E-state index in [-0.39, 0.29) is 0 Å². The summed E-state index contributed by atoms with van der Waals surface area (Å²) in [5.74, 6) is 0.984. The molecule has 1 aromatic carbocycles. The number of nitrogens with two attached hydrogens (primary N) is 1. The standard InChI is InChI=1S/C25H21BrN6/c26-15-4-1-3-14(9-15)17-10-20(31-24-22(17)23(27)29-13-30-24)18-12-28-7-6-16(18)19-5-2-8-32-21-11-25(19,21)32/h1,3-4,6-7,9-10,12-13,19,21H,2,5,8,11H2,(H2,27,29,30,31). The van der Waals surface area contributed by atoms with E-state index in [0.717, 1.165) is 38.3 Å². The molecule has 2 N–H and O–H groups in total. The van der Waals surface area contributed by atoms with E-state index < -0.39 is 0 Å². The molecule has 4 atom stereocenters. The van der Waals surface area contributed by atoms with Gasteiger partial charge in [-0.05, 0) is 66.8 Å². The maximum atomic E-state index is 6.29. The summed E-state index contributed by atoms with van der Waals surface area (Å²) in [6.07, 6.45) is 9.19. The number of pyridine rings is 2. The number of halogens is 1. The van der Waals surface area contributed by atoms with Crippen LogP contribution >= 0.6 is 15.9 Å². The van der Waals surface area contributed by atoms with Crippen molar-refractivity contribution >= 4 is 32.8 Å². The van der Waals surface area contributed by atoms with E-state index >= 15 is 0 Å². The average molecular weight is 485 g/mol. The van der Waals surface area contributed by atoms with E-state index in [1.807, 2.05) is 24.5 Å². The van der Waals surface area contributed by atoms with Gasteiger partial charge in [-0.15, -0.1) is 0 Å². The Morgan fingerprint density at radius 1 is 1.12 bits per heavy atom. The molecule has 3 aromatic heterocycles. The van der Waals surface area contributed by atoms with Gasteiger partial charge in [0, 0.05) is 39.9 Å². The lowest BCUT2D eigenvalue weighted by molar-refractivity contribution is 0.252. The number of piperidine rings is 1. The monoisotopic (exact) mass is 484 g/mol. The van der Waals surface area contributed by atoms with E-state index in [0.29, 0.717) is 22.9 Å². The Morgan fingerprint density at radius 3 is 2.94 bits per heavy atom.